The molecule has 30 heavy (non-hydrogen) atoms. The summed E-state index contributed by atoms with van der Waals surface area (Å²) in [4.78, 5) is 19.0. The standard InChI is InChI=1S/C23H28FNO4S/c1-22(2,3)29-25-21(26)16-23(12-14-27-15-13-23)30-20-10-8-19(9-11-20)28-18-6-4-17(24)5-7-18/h4-11H,12-16H2,1-3H3,(H,25,26). The molecule has 0 radical (unpaired) electrons. The van der Waals surface area contributed by atoms with Crippen molar-refractivity contribution in [3.63, 3.8) is 0 Å². The van der Waals surface area contributed by atoms with Gasteiger partial charge < -0.3 is 9.47 Å². The topological polar surface area (TPSA) is 56.8 Å². The quantitative estimate of drug-likeness (QED) is 0.585. The number of hydrogen-bond acceptors (Lipinski definition) is 5. The molecule has 1 heterocycles. The predicted molar refractivity (Wildman–Crippen MR) is 115 cm³/mol. The van der Waals surface area contributed by atoms with Gasteiger partial charge in [-0.05, 0) is 82.1 Å². The van der Waals surface area contributed by atoms with Gasteiger partial charge in [0.15, 0.2) is 0 Å². The fourth-order valence-electron chi connectivity index (χ4n) is 3.06. The lowest BCUT2D eigenvalue weighted by Gasteiger charge is -2.36. The summed E-state index contributed by atoms with van der Waals surface area (Å²) < 4.78 is 24.1. The van der Waals surface area contributed by atoms with E-state index in [1.165, 1.54) is 12.1 Å². The molecule has 0 atom stereocenters. The van der Waals surface area contributed by atoms with Gasteiger partial charge in [0.05, 0.1) is 5.60 Å². The Morgan fingerprint density at radius 3 is 2.20 bits per heavy atom. The molecule has 1 aliphatic rings. The van der Waals surface area contributed by atoms with Crippen LogP contribution in [0.3, 0.4) is 0 Å². The molecule has 0 aromatic heterocycles. The van der Waals surface area contributed by atoms with Crippen LogP contribution in [0.25, 0.3) is 0 Å². The third-order valence-corrected chi connectivity index (χ3v) is 6.06. The highest BCUT2D eigenvalue weighted by Gasteiger charge is 2.36. The number of hydroxylamine groups is 1. The van der Waals surface area contributed by atoms with E-state index in [2.05, 4.69) is 5.48 Å². The minimum absolute atomic E-state index is 0.129. The minimum Gasteiger partial charge on any atom is -0.457 e. The Bertz CT molecular complexity index is 828. The predicted octanol–water partition coefficient (Wildman–Crippen LogP) is 5.50. The van der Waals surface area contributed by atoms with Crippen LogP contribution in [0.15, 0.2) is 53.4 Å². The Hall–Kier alpha value is -2.09. The fourth-order valence-corrected chi connectivity index (χ4v) is 4.41. The summed E-state index contributed by atoms with van der Waals surface area (Å²) >= 11 is 1.69. The second-order valence-corrected chi connectivity index (χ2v) is 9.88. The van der Waals surface area contributed by atoms with Crippen LogP contribution in [0.4, 0.5) is 4.39 Å². The Morgan fingerprint density at radius 2 is 1.63 bits per heavy atom. The second-order valence-electron chi connectivity index (χ2n) is 8.34. The number of nitrogens with one attached hydrogen (secondary N) is 1. The van der Waals surface area contributed by atoms with E-state index in [0.717, 1.165) is 17.7 Å². The minimum atomic E-state index is -0.438. The van der Waals surface area contributed by atoms with Crippen molar-refractivity contribution in [3.8, 4) is 11.5 Å². The van der Waals surface area contributed by atoms with Crippen LogP contribution in [-0.2, 0) is 14.4 Å². The number of amides is 1. The van der Waals surface area contributed by atoms with Crippen LogP contribution in [0.1, 0.15) is 40.0 Å². The molecule has 1 saturated heterocycles. The molecule has 0 bridgehead atoms. The van der Waals surface area contributed by atoms with Gasteiger partial charge in [0.25, 0.3) is 0 Å². The summed E-state index contributed by atoms with van der Waals surface area (Å²) in [6.07, 6.45) is 1.92. The van der Waals surface area contributed by atoms with E-state index in [1.54, 1.807) is 23.9 Å². The lowest BCUT2D eigenvalue weighted by Crippen LogP contribution is -2.41. The Kier molecular flexibility index (Phi) is 7.39. The van der Waals surface area contributed by atoms with Gasteiger partial charge in [0.1, 0.15) is 17.3 Å². The first-order valence-corrected chi connectivity index (χ1v) is 10.8. The summed E-state index contributed by atoms with van der Waals surface area (Å²) in [6.45, 7) is 6.93. The van der Waals surface area contributed by atoms with E-state index in [1.807, 2.05) is 45.0 Å². The largest absolute Gasteiger partial charge is 0.457 e. The van der Waals surface area contributed by atoms with Crippen LogP contribution in [0, 0.1) is 5.82 Å². The zero-order valence-electron chi connectivity index (χ0n) is 17.6. The summed E-state index contributed by atoms with van der Waals surface area (Å²) in [6, 6.07) is 13.6. The smallest absolute Gasteiger partial charge is 0.244 e. The molecule has 0 saturated carbocycles. The first-order chi connectivity index (χ1) is 14.2. The molecule has 0 spiro atoms. The van der Waals surface area contributed by atoms with E-state index in [4.69, 9.17) is 14.3 Å². The molecule has 162 valence electrons. The molecule has 0 unspecified atom stereocenters. The molecule has 1 aliphatic heterocycles. The molecule has 1 amide bonds. The summed E-state index contributed by atoms with van der Waals surface area (Å²) in [7, 11) is 0. The molecule has 7 heteroatoms. The first-order valence-electron chi connectivity index (χ1n) is 10.0. The van der Waals surface area contributed by atoms with Crippen LogP contribution < -0.4 is 10.2 Å². The Morgan fingerprint density at radius 1 is 1.07 bits per heavy atom. The molecule has 3 rings (SSSR count). The lowest BCUT2D eigenvalue weighted by molar-refractivity contribution is -0.146. The molecule has 0 aliphatic carbocycles. The number of hydrogen-bond donors (Lipinski definition) is 1. The van der Waals surface area contributed by atoms with Gasteiger partial charge in [-0.1, -0.05) is 0 Å². The molecule has 1 N–H and O–H groups in total. The van der Waals surface area contributed by atoms with Crippen molar-refractivity contribution in [1.82, 2.24) is 5.48 Å². The number of thioether (sulfide) groups is 1. The molecular formula is C23H28FNO4S. The lowest BCUT2D eigenvalue weighted by atomic mass is 9.95. The highest BCUT2D eigenvalue weighted by atomic mass is 32.2. The van der Waals surface area contributed by atoms with Crippen LogP contribution >= 0.6 is 11.8 Å². The summed E-state index contributed by atoms with van der Waals surface area (Å²) in [5.74, 6) is 0.819. The van der Waals surface area contributed by atoms with Crippen molar-refractivity contribution in [2.24, 2.45) is 0 Å². The van der Waals surface area contributed by atoms with E-state index < -0.39 is 5.60 Å². The summed E-state index contributed by atoms with van der Waals surface area (Å²) in [5, 5.41) is 0. The fraction of sp³-hybridized carbons (Fsp3) is 0.435. The Labute approximate surface area is 181 Å². The van der Waals surface area contributed by atoms with Crippen molar-refractivity contribution < 1.29 is 23.5 Å². The Balaban J connectivity index is 1.64. The average molecular weight is 434 g/mol. The van der Waals surface area contributed by atoms with Crippen molar-refractivity contribution in [2.45, 2.75) is 55.3 Å². The highest BCUT2D eigenvalue weighted by molar-refractivity contribution is 8.00. The molecule has 1 fully saturated rings. The van der Waals surface area contributed by atoms with Crippen molar-refractivity contribution in [1.29, 1.82) is 0 Å². The number of rotatable bonds is 7. The summed E-state index contributed by atoms with van der Waals surface area (Å²) in [5.41, 5.74) is 2.14. The van der Waals surface area contributed by atoms with Crippen LogP contribution in [-0.4, -0.2) is 29.5 Å². The number of carbonyl (C=O) groups excluding carboxylic acids is 1. The van der Waals surface area contributed by atoms with Crippen molar-refractivity contribution >= 4 is 17.7 Å². The third kappa shape index (κ3) is 7.00. The third-order valence-electron chi connectivity index (χ3n) is 4.57. The number of ether oxygens (including phenoxy) is 2. The number of benzene rings is 2. The number of carbonyl (C=O) groups is 1. The van der Waals surface area contributed by atoms with Gasteiger partial charge in [-0.15, -0.1) is 11.8 Å². The van der Waals surface area contributed by atoms with Crippen LogP contribution in [0.5, 0.6) is 11.5 Å². The van der Waals surface area contributed by atoms with Gasteiger partial charge in [0.2, 0.25) is 5.91 Å². The van der Waals surface area contributed by atoms with E-state index in [0.29, 0.717) is 31.1 Å². The van der Waals surface area contributed by atoms with Crippen LogP contribution in [0.2, 0.25) is 0 Å². The van der Waals surface area contributed by atoms with E-state index >= 15 is 0 Å². The maximum Gasteiger partial charge on any atom is 0.244 e. The van der Waals surface area contributed by atoms with E-state index in [-0.39, 0.29) is 16.5 Å². The maximum atomic E-state index is 13.0. The normalized spacial score (nSPS) is 16.1. The molecule has 5 nitrogen and oxygen atoms in total. The first kappa shape index (κ1) is 22.6. The molecule has 2 aromatic carbocycles. The van der Waals surface area contributed by atoms with Crippen molar-refractivity contribution in [2.75, 3.05) is 13.2 Å². The maximum absolute atomic E-state index is 13.0. The zero-order valence-corrected chi connectivity index (χ0v) is 18.4. The molecular weight excluding hydrogens is 405 g/mol. The van der Waals surface area contributed by atoms with Gasteiger partial charge in [-0.25, -0.2) is 9.87 Å². The van der Waals surface area contributed by atoms with Crippen molar-refractivity contribution in [3.05, 3.63) is 54.3 Å². The van der Waals surface area contributed by atoms with Gasteiger partial charge in [-0.3, -0.25) is 9.63 Å². The number of halogens is 1. The average Bonchev–Trinajstić information content (AvgIpc) is 2.70. The van der Waals surface area contributed by atoms with Gasteiger partial charge in [-0.2, -0.15) is 0 Å². The second kappa shape index (κ2) is 9.81. The SMILES string of the molecule is CC(C)(C)ONC(=O)CC1(Sc2ccc(Oc3ccc(F)cc3)cc2)CCOCC1. The zero-order chi connectivity index (χ0) is 21.6. The van der Waals surface area contributed by atoms with Gasteiger partial charge >= 0.3 is 0 Å². The monoisotopic (exact) mass is 433 g/mol. The highest BCUT2D eigenvalue weighted by Crippen LogP contribution is 2.43. The molecule has 2 aromatic rings. The van der Waals surface area contributed by atoms with E-state index in [9.17, 15) is 9.18 Å². The van der Waals surface area contributed by atoms with Gasteiger partial charge in [0, 0.05) is 29.3 Å².